The number of carbonyl (C=O) groups excluding carboxylic acids is 1. The van der Waals surface area contributed by atoms with E-state index in [1.807, 2.05) is 4.90 Å². The van der Waals surface area contributed by atoms with Crippen LogP contribution >= 0.6 is 0 Å². The van der Waals surface area contributed by atoms with E-state index in [9.17, 15) is 4.79 Å². The van der Waals surface area contributed by atoms with Crippen LogP contribution in [0.1, 0.15) is 36.0 Å². The molecule has 2 aliphatic heterocycles. The molecule has 0 spiro atoms. The van der Waals surface area contributed by atoms with Gasteiger partial charge in [0.25, 0.3) is 5.91 Å². The molecule has 1 aromatic carbocycles. The van der Waals surface area contributed by atoms with E-state index in [4.69, 9.17) is 15.2 Å². The Kier molecular flexibility index (Phi) is 5.41. The van der Waals surface area contributed by atoms with Gasteiger partial charge in [-0.3, -0.25) is 4.79 Å². The van der Waals surface area contributed by atoms with Gasteiger partial charge in [-0.25, -0.2) is 0 Å². The molecule has 0 saturated carbocycles. The van der Waals surface area contributed by atoms with Gasteiger partial charge < -0.3 is 20.1 Å². The minimum absolute atomic E-state index is 0.113. The van der Waals surface area contributed by atoms with Gasteiger partial charge in [0.15, 0.2) is 6.10 Å². The molecule has 132 valence electrons. The Bertz CT molecular complexity index is 564. The molecule has 0 radical (unpaired) electrons. The smallest absolute Gasteiger partial charge is 0.263 e. The quantitative estimate of drug-likeness (QED) is 0.837. The first-order valence-electron chi connectivity index (χ1n) is 8.95. The Morgan fingerprint density at radius 2 is 2.00 bits per heavy atom. The van der Waals surface area contributed by atoms with Crippen molar-refractivity contribution in [2.45, 2.75) is 51.7 Å². The zero-order chi connectivity index (χ0) is 17.1. The molecule has 2 aliphatic rings. The average molecular weight is 332 g/mol. The lowest BCUT2D eigenvalue weighted by molar-refractivity contribution is -0.140. The van der Waals surface area contributed by atoms with Crippen LogP contribution in [0.5, 0.6) is 5.75 Å². The zero-order valence-electron chi connectivity index (χ0n) is 14.7. The number of ether oxygens (including phenoxy) is 2. The zero-order valence-corrected chi connectivity index (χ0v) is 14.7. The summed E-state index contributed by atoms with van der Waals surface area (Å²) in [4.78, 5) is 14.7. The lowest BCUT2D eigenvalue weighted by atomic mass is 10.0. The van der Waals surface area contributed by atoms with Gasteiger partial charge in [0.2, 0.25) is 0 Å². The molecule has 2 N–H and O–H groups in total. The Morgan fingerprint density at radius 1 is 1.29 bits per heavy atom. The fraction of sp³-hybridized carbons (Fsp3) is 0.632. The molecule has 1 fully saturated rings. The summed E-state index contributed by atoms with van der Waals surface area (Å²) in [5, 5.41) is 0. The number of carbonyl (C=O) groups is 1. The molecule has 5 nitrogen and oxygen atoms in total. The van der Waals surface area contributed by atoms with Crippen LogP contribution in [0.2, 0.25) is 0 Å². The molecule has 1 atom stereocenters. The third kappa shape index (κ3) is 3.73. The molecule has 5 heteroatoms. The highest BCUT2D eigenvalue weighted by Crippen LogP contribution is 2.32. The lowest BCUT2D eigenvalue weighted by Gasteiger charge is -2.33. The Hall–Kier alpha value is -1.59. The minimum Gasteiger partial charge on any atom is -0.480 e. The van der Waals surface area contributed by atoms with E-state index in [0.717, 1.165) is 50.3 Å². The second-order valence-corrected chi connectivity index (χ2v) is 6.89. The van der Waals surface area contributed by atoms with Gasteiger partial charge in [0.05, 0.1) is 6.10 Å². The molecule has 1 saturated heterocycles. The van der Waals surface area contributed by atoms with Crippen LogP contribution in [0.3, 0.4) is 0 Å². The third-order valence-electron chi connectivity index (χ3n) is 5.08. The summed E-state index contributed by atoms with van der Waals surface area (Å²) in [5.41, 5.74) is 9.09. The molecule has 24 heavy (non-hydrogen) atoms. The van der Waals surface area contributed by atoms with Crippen molar-refractivity contribution in [1.82, 2.24) is 4.90 Å². The highest BCUT2D eigenvalue weighted by molar-refractivity contribution is 5.82. The number of nitrogens with two attached hydrogens (primary N) is 1. The fourth-order valence-electron chi connectivity index (χ4n) is 3.43. The first-order valence-corrected chi connectivity index (χ1v) is 8.95. The van der Waals surface area contributed by atoms with E-state index in [0.29, 0.717) is 13.0 Å². The summed E-state index contributed by atoms with van der Waals surface area (Å²) in [5.74, 6) is 0.985. The summed E-state index contributed by atoms with van der Waals surface area (Å²) < 4.78 is 11.7. The molecular weight excluding hydrogens is 304 g/mol. The average Bonchev–Trinajstić information content (AvgIpc) is 2.98. The highest BCUT2D eigenvalue weighted by Gasteiger charge is 2.34. The lowest BCUT2D eigenvalue weighted by Crippen LogP contribution is -2.46. The van der Waals surface area contributed by atoms with Gasteiger partial charge in [-0.2, -0.15) is 0 Å². The summed E-state index contributed by atoms with van der Waals surface area (Å²) in [6.07, 6.45) is 3.26. The summed E-state index contributed by atoms with van der Waals surface area (Å²) in [6.45, 7) is 7.05. The van der Waals surface area contributed by atoms with Crippen molar-refractivity contribution in [1.29, 1.82) is 0 Å². The van der Waals surface area contributed by atoms with E-state index < -0.39 is 0 Å². The molecule has 1 aromatic rings. The van der Waals surface area contributed by atoms with Crippen molar-refractivity contribution >= 4 is 5.91 Å². The van der Waals surface area contributed by atoms with E-state index in [1.54, 1.807) is 0 Å². The number of amides is 1. The van der Waals surface area contributed by atoms with Crippen LogP contribution in [0.4, 0.5) is 0 Å². The number of piperidine rings is 1. The molecule has 3 rings (SSSR count). The molecular formula is C19H28N2O3. The highest BCUT2D eigenvalue weighted by atomic mass is 16.5. The van der Waals surface area contributed by atoms with Crippen LogP contribution in [0, 0.1) is 13.8 Å². The largest absolute Gasteiger partial charge is 0.480 e. The first kappa shape index (κ1) is 17.2. The molecule has 0 aliphatic carbocycles. The summed E-state index contributed by atoms with van der Waals surface area (Å²) in [6, 6.07) is 4.20. The number of benzene rings is 1. The number of hydrogen-bond donors (Lipinski definition) is 1. The number of hydrogen-bond acceptors (Lipinski definition) is 4. The normalized spacial score (nSPS) is 20.8. The van der Waals surface area contributed by atoms with Gasteiger partial charge >= 0.3 is 0 Å². The topological polar surface area (TPSA) is 64.8 Å². The minimum atomic E-state index is -0.365. The van der Waals surface area contributed by atoms with Gasteiger partial charge in [0, 0.05) is 26.1 Å². The Morgan fingerprint density at radius 3 is 2.71 bits per heavy atom. The maximum absolute atomic E-state index is 12.7. The van der Waals surface area contributed by atoms with Crippen molar-refractivity contribution in [3.8, 4) is 5.75 Å². The monoisotopic (exact) mass is 332 g/mol. The summed E-state index contributed by atoms with van der Waals surface area (Å²) >= 11 is 0. The van der Waals surface area contributed by atoms with Crippen LogP contribution < -0.4 is 10.5 Å². The van der Waals surface area contributed by atoms with E-state index in [-0.39, 0.29) is 18.1 Å². The van der Waals surface area contributed by atoms with Crippen LogP contribution in [-0.4, -0.2) is 49.3 Å². The van der Waals surface area contributed by atoms with Crippen molar-refractivity contribution in [3.63, 3.8) is 0 Å². The van der Waals surface area contributed by atoms with E-state index in [2.05, 4.69) is 26.0 Å². The second-order valence-electron chi connectivity index (χ2n) is 6.89. The maximum atomic E-state index is 12.7. The Labute approximate surface area is 144 Å². The molecule has 0 aromatic heterocycles. The fourth-order valence-corrected chi connectivity index (χ4v) is 3.43. The van der Waals surface area contributed by atoms with E-state index >= 15 is 0 Å². The maximum Gasteiger partial charge on any atom is 0.263 e. The second kappa shape index (κ2) is 7.53. The van der Waals surface area contributed by atoms with Crippen LogP contribution in [-0.2, 0) is 16.0 Å². The molecule has 1 amide bonds. The predicted octanol–water partition coefficient (Wildman–Crippen LogP) is 1.96. The van der Waals surface area contributed by atoms with Crippen LogP contribution in [0.25, 0.3) is 0 Å². The van der Waals surface area contributed by atoms with Crippen molar-refractivity contribution in [2.75, 3.05) is 26.2 Å². The molecule has 1 unspecified atom stereocenters. The SMILES string of the molecule is Cc1cc2c(cc1C)OC(C(=O)N1CCC(OCCCN)CC1)C2. The van der Waals surface area contributed by atoms with Crippen molar-refractivity contribution in [3.05, 3.63) is 28.8 Å². The third-order valence-corrected chi connectivity index (χ3v) is 5.08. The first-order chi connectivity index (χ1) is 11.6. The number of aryl methyl sites for hydroxylation is 2. The van der Waals surface area contributed by atoms with Gasteiger partial charge in [0.1, 0.15) is 5.75 Å². The van der Waals surface area contributed by atoms with E-state index in [1.165, 1.54) is 11.1 Å². The van der Waals surface area contributed by atoms with Crippen molar-refractivity contribution in [2.24, 2.45) is 5.73 Å². The van der Waals surface area contributed by atoms with Gasteiger partial charge in [-0.05, 0) is 62.4 Å². The van der Waals surface area contributed by atoms with Gasteiger partial charge in [-0.15, -0.1) is 0 Å². The number of nitrogens with zero attached hydrogens (tertiary/aromatic N) is 1. The number of rotatable bonds is 5. The molecule has 0 bridgehead atoms. The number of likely N-dealkylation sites (tertiary alicyclic amines) is 1. The Balaban J connectivity index is 1.52. The predicted molar refractivity (Wildman–Crippen MR) is 93.3 cm³/mol. The van der Waals surface area contributed by atoms with Crippen molar-refractivity contribution < 1.29 is 14.3 Å². The summed E-state index contributed by atoms with van der Waals surface area (Å²) in [7, 11) is 0. The van der Waals surface area contributed by atoms with Crippen LogP contribution in [0.15, 0.2) is 12.1 Å². The number of fused-ring (bicyclic) bond motifs is 1. The molecule has 2 heterocycles. The standard InChI is InChI=1S/C19H28N2O3/c1-13-10-15-12-18(24-17(15)11-14(13)2)19(22)21-7-4-16(5-8-21)23-9-3-6-20/h10-11,16,18H,3-9,12,20H2,1-2H3. The van der Waals surface area contributed by atoms with Gasteiger partial charge in [-0.1, -0.05) is 6.07 Å².